The molecule has 1 heterocycles. The summed E-state index contributed by atoms with van der Waals surface area (Å²) < 4.78 is 1.09. The number of nitrogens with one attached hydrogen (secondary N) is 1. The maximum Gasteiger partial charge on any atom is 0.321 e. The van der Waals surface area contributed by atoms with Gasteiger partial charge in [-0.15, -0.1) is 11.3 Å². The number of hydrogen-bond donors (Lipinski definition) is 1. The van der Waals surface area contributed by atoms with Crippen molar-refractivity contribution in [3.63, 3.8) is 0 Å². The normalized spacial score (nSPS) is 10.3. The van der Waals surface area contributed by atoms with Crippen molar-refractivity contribution in [2.45, 2.75) is 13.5 Å². The molecular weight excluding hydrogens is 373 g/mol. The van der Waals surface area contributed by atoms with Crippen LogP contribution in [-0.2, 0) is 6.54 Å². The van der Waals surface area contributed by atoms with Crippen molar-refractivity contribution in [1.29, 1.82) is 0 Å². The Balaban J connectivity index is 1.96. The van der Waals surface area contributed by atoms with Crippen LogP contribution in [0.25, 0.3) is 0 Å². The van der Waals surface area contributed by atoms with E-state index in [9.17, 15) is 4.79 Å². The second-order valence-corrected chi connectivity index (χ2v) is 6.46. The van der Waals surface area contributed by atoms with Crippen LogP contribution in [0, 0.1) is 10.5 Å². The van der Waals surface area contributed by atoms with Crippen molar-refractivity contribution >= 4 is 45.6 Å². The number of urea groups is 1. The molecule has 0 radical (unpaired) electrons. The maximum atomic E-state index is 12.0. The fourth-order valence-corrected chi connectivity index (χ4v) is 2.73. The molecule has 1 aromatic carbocycles. The summed E-state index contributed by atoms with van der Waals surface area (Å²) in [6, 6.07) is 7.58. The summed E-state index contributed by atoms with van der Waals surface area (Å²) in [5, 5.41) is 5.86. The molecule has 2 rings (SSSR count). The molecule has 0 spiro atoms. The van der Waals surface area contributed by atoms with Crippen molar-refractivity contribution in [3.8, 4) is 0 Å². The van der Waals surface area contributed by atoms with Gasteiger partial charge in [-0.25, -0.2) is 9.78 Å². The molecule has 2 amide bonds. The highest BCUT2D eigenvalue weighted by Crippen LogP contribution is 2.14. The maximum absolute atomic E-state index is 12.0. The Hall–Kier alpha value is -1.15. The first-order chi connectivity index (χ1) is 9.04. The average molecular weight is 387 g/mol. The smallest absolute Gasteiger partial charge is 0.321 e. The summed E-state index contributed by atoms with van der Waals surface area (Å²) in [5.74, 6) is 0. The van der Waals surface area contributed by atoms with E-state index in [1.165, 1.54) is 0 Å². The van der Waals surface area contributed by atoms with Gasteiger partial charge in [-0.3, -0.25) is 0 Å². The zero-order valence-electron chi connectivity index (χ0n) is 10.7. The van der Waals surface area contributed by atoms with E-state index in [2.05, 4.69) is 32.9 Å². The van der Waals surface area contributed by atoms with Crippen LogP contribution in [0.15, 0.2) is 29.6 Å². The lowest BCUT2D eigenvalue weighted by Crippen LogP contribution is -2.30. The second-order valence-electron chi connectivity index (χ2n) is 4.15. The van der Waals surface area contributed by atoms with Crippen LogP contribution < -0.4 is 5.32 Å². The summed E-state index contributed by atoms with van der Waals surface area (Å²) in [6.45, 7) is 2.47. The van der Waals surface area contributed by atoms with E-state index in [0.29, 0.717) is 6.54 Å². The average Bonchev–Trinajstić information content (AvgIpc) is 2.74. The van der Waals surface area contributed by atoms with Gasteiger partial charge in [-0.05, 0) is 47.7 Å². The predicted octanol–water partition coefficient (Wildman–Crippen LogP) is 3.72. The molecule has 0 aliphatic heterocycles. The third-order valence-electron chi connectivity index (χ3n) is 2.49. The number of amides is 2. The van der Waals surface area contributed by atoms with Crippen LogP contribution in [0.4, 0.5) is 10.5 Å². The molecule has 2 aromatic rings. The number of anilines is 1. The molecule has 0 atom stereocenters. The highest BCUT2D eigenvalue weighted by molar-refractivity contribution is 14.1. The molecule has 1 N–H and O–H groups in total. The van der Waals surface area contributed by atoms with Gasteiger partial charge in [0.2, 0.25) is 0 Å². The van der Waals surface area contributed by atoms with Gasteiger partial charge in [0.1, 0.15) is 0 Å². The number of hydrogen-bond acceptors (Lipinski definition) is 3. The second kappa shape index (κ2) is 6.33. The number of thiazole rings is 1. The molecule has 0 unspecified atom stereocenters. The lowest BCUT2D eigenvalue weighted by atomic mass is 10.3. The number of aromatic nitrogens is 1. The van der Waals surface area contributed by atoms with E-state index in [0.717, 1.165) is 20.0 Å². The fraction of sp³-hybridized carbons (Fsp3) is 0.231. The van der Waals surface area contributed by atoms with Gasteiger partial charge in [0.05, 0.1) is 17.2 Å². The third-order valence-corrected chi connectivity index (χ3v) is 3.98. The highest BCUT2D eigenvalue weighted by atomic mass is 127. The molecule has 1 aromatic heterocycles. The Kier molecular flexibility index (Phi) is 4.76. The Morgan fingerprint density at radius 1 is 1.53 bits per heavy atom. The van der Waals surface area contributed by atoms with Crippen LogP contribution in [0.3, 0.4) is 0 Å². The van der Waals surface area contributed by atoms with E-state index in [-0.39, 0.29) is 6.03 Å². The molecule has 0 fully saturated rings. The zero-order valence-corrected chi connectivity index (χ0v) is 13.7. The van der Waals surface area contributed by atoms with Gasteiger partial charge in [-0.2, -0.15) is 0 Å². The van der Waals surface area contributed by atoms with Crippen LogP contribution in [-0.4, -0.2) is 23.0 Å². The summed E-state index contributed by atoms with van der Waals surface area (Å²) >= 11 is 3.81. The molecular formula is C13H14IN3OS. The van der Waals surface area contributed by atoms with Crippen molar-refractivity contribution < 1.29 is 4.79 Å². The predicted molar refractivity (Wildman–Crippen MR) is 86.5 cm³/mol. The summed E-state index contributed by atoms with van der Waals surface area (Å²) in [7, 11) is 1.76. The number of halogens is 1. The first kappa shape index (κ1) is 14.3. The molecule has 19 heavy (non-hydrogen) atoms. The highest BCUT2D eigenvalue weighted by Gasteiger charge is 2.11. The van der Waals surface area contributed by atoms with E-state index >= 15 is 0 Å². The van der Waals surface area contributed by atoms with Gasteiger partial charge >= 0.3 is 6.03 Å². The summed E-state index contributed by atoms with van der Waals surface area (Å²) in [5.41, 5.74) is 1.72. The topological polar surface area (TPSA) is 45.2 Å². The Bertz CT molecular complexity index is 585. The Labute approximate surface area is 130 Å². The van der Waals surface area contributed by atoms with E-state index in [1.807, 2.05) is 36.6 Å². The zero-order chi connectivity index (χ0) is 13.8. The van der Waals surface area contributed by atoms with E-state index in [1.54, 1.807) is 23.3 Å². The fourth-order valence-electron chi connectivity index (χ4n) is 1.58. The third kappa shape index (κ3) is 4.17. The number of aryl methyl sites for hydroxylation is 1. The molecule has 0 bridgehead atoms. The van der Waals surface area contributed by atoms with Crippen LogP contribution in [0.5, 0.6) is 0 Å². The van der Waals surface area contributed by atoms with E-state index in [4.69, 9.17) is 0 Å². The van der Waals surface area contributed by atoms with Crippen LogP contribution in [0.2, 0.25) is 0 Å². The molecule has 0 saturated carbocycles. The minimum atomic E-state index is -0.132. The lowest BCUT2D eigenvalue weighted by molar-refractivity contribution is 0.220. The Morgan fingerprint density at radius 3 is 2.95 bits per heavy atom. The minimum absolute atomic E-state index is 0.132. The number of carbonyl (C=O) groups is 1. The molecule has 100 valence electrons. The SMILES string of the molecule is Cc1nc(CN(C)C(=O)Nc2cccc(I)c2)cs1. The van der Waals surface area contributed by atoms with Crippen LogP contribution >= 0.6 is 33.9 Å². The van der Waals surface area contributed by atoms with Gasteiger partial charge in [0.15, 0.2) is 0 Å². The Morgan fingerprint density at radius 2 is 2.32 bits per heavy atom. The monoisotopic (exact) mass is 387 g/mol. The van der Waals surface area contributed by atoms with Gasteiger partial charge < -0.3 is 10.2 Å². The first-order valence-corrected chi connectivity index (χ1v) is 7.69. The standard InChI is InChI=1S/C13H14IN3OS/c1-9-15-12(8-19-9)7-17(2)13(18)16-11-5-3-4-10(14)6-11/h3-6,8H,7H2,1-2H3,(H,16,18). The van der Waals surface area contributed by atoms with Crippen molar-refractivity contribution in [1.82, 2.24) is 9.88 Å². The van der Waals surface area contributed by atoms with E-state index < -0.39 is 0 Å². The molecule has 6 heteroatoms. The summed E-state index contributed by atoms with van der Waals surface area (Å²) in [6.07, 6.45) is 0. The van der Waals surface area contributed by atoms with Crippen LogP contribution in [0.1, 0.15) is 10.7 Å². The minimum Gasteiger partial charge on any atom is -0.322 e. The first-order valence-electron chi connectivity index (χ1n) is 5.73. The molecule has 0 saturated heterocycles. The number of carbonyl (C=O) groups excluding carboxylic acids is 1. The number of rotatable bonds is 3. The molecule has 4 nitrogen and oxygen atoms in total. The number of nitrogens with zero attached hydrogens (tertiary/aromatic N) is 2. The van der Waals surface area contributed by atoms with Gasteiger partial charge in [0.25, 0.3) is 0 Å². The summed E-state index contributed by atoms with van der Waals surface area (Å²) in [4.78, 5) is 18.0. The van der Waals surface area contributed by atoms with Crippen molar-refractivity contribution in [3.05, 3.63) is 43.9 Å². The molecule has 0 aliphatic rings. The van der Waals surface area contributed by atoms with Gasteiger partial charge in [-0.1, -0.05) is 6.07 Å². The lowest BCUT2D eigenvalue weighted by Gasteiger charge is -2.16. The quantitative estimate of drug-likeness (QED) is 0.816. The van der Waals surface area contributed by atoms with Crippen molar-refractivity contribution in [2.75, 3.05) is 12.4 Å². The largest absolute Gasteiger partial charge is 0.322 e. The number of benzene rings is 1. The van der Waals surface area contributed by atoms with Gasteiger partial charge in [0, 0.05) is 21.7 Å². The molecule has 0 aliphatic carbocycles. The van der Waals surface area contributed by atoms with Crippen molar-refractivity contribution in [2.24, 2.45) is 0 Å².